The fourth-order valence-corrected chi connectivity index (χ4v) is 3.57. The molecule has 0 radical (unpaired) electrons. The summed E-state index contributed by atoms with van der Waals surface area (Å²) in [5, 5.41) is 4.75. The van der Waals surface area contributed by atoms with E-state index in [1.165, 1.54) is 25.7 Å². The maximum atomic E-state index is 6.02. The quantitative estimate of drug-likeness (QED) is 0.855. The monoisotopic (exact) mass is 285 g/mol. The van der Waals surface area contributed by atoms with Gasteiger partial charge in [0.05, 0.1) is 0 Å². The first-order chi connectivity index (χ1) is 8.72. The van der Waals surface area contributed by atoms with Crippen LogP contribution in [0.2, 0.25) is 5.15 Å². The molecule has 1 aliphatic carbocycles. The standard InChI is InChI=1S/C13H20ClN3S/c1-3-12-16-11(14)8-13(17-12)15-9-6-4-5-7-10(9)18-2/h8-10H,3-7H2,1-2H3,(H,15,16,17). The molecule has 1 N–H and O–H groups in total. The van der Waals surface area contributed by atoms with Crippen LogP contribution in [0.3, 0.4) is 0 Å². The molecule has 1 heterocycles. The minimum Gasteiger partial charge on any atom is -0.366 e. The van der Waals surface area contributed by atoms with Crippen LogP contribution in [-0.2, 0) is 6.42 Å². The van der Waals surface area contributed by atoms with Gasteiger partial charge in [0.2, 0.25) is 0 Å². The van der Waals surface area contributed by atoms with Crippen LogP contribution in [-0.4, -0.2) is 27.5 Å². The van der Waals surface area contributed by atoms with Crippen molar-refractivity contribution in [3.8, 4) is 0 Å². The summed E-state index contributed by atoms with van der Waals surface area (Å²) in [4.78, 5) is 8.69. The Morgan fingerprint density at radius 3 is 2.89 bits per heavy atom. The summed E-state index contributed by atoms with van der Waals surface area (Å²) in [5.74, 6) is 1.68. The van der Waals surface area contributed by atoms with Gasteiger partial charge in [0, 0.05) is 23.8 Å². The van der Waals surface area contributed by atoms with Gasteiger partial charge < -0.3 is 5.32 Å². The molecular weight excluding hydrogens is 266 g/mol. The maximum absolute atomic E-state index is 6.02. The van der Waals surface area contributed by atoms with Crippen LogP contribution in [0.25, 0.3) is 0 Å². The summed E-state index contributed by atoms with van der Waals surface area (Å²) in [7, 11) is 0. The van der Waals surface area contributed by atoms with Crippen molar-refractivity contribution >= 4 is 29.2 Å². The van der Waals surface area contributed by atoms with Crippen LogP contribution in [0.4, 0.5) is 5.82 Å². The third kappa shape index (κ3) is 3.51. The summed E-state index contributed by atoms with van der Waals surface area (Å²) >= 11 is 7.97. The van der Waals surface area contributed by atoms with E-state index in [4.69, 9.17) is 11.6 Å². The zero-order valence-corrected chi connectivity index (χ0v) is 12.5. The number of anilines is 1. The predicted octanol–water partition coefficient (Wildman–Crippen LogP) is 3.78. The molecule has 1 aromatic heterocycles. The molecule has 3 nitrogen and oxygen atoms in total. The Kier molecular flexibility index (Phi) is 5.13. The van der Waals surface area contributed by atoms with Gasteiger partial charge in [-0.15, -0.1) is 0 Å². The highest BCUT2D eigenvalue weighted by Gasteiger charge is 2.24. The molecule has 0 spiro atoms. The molecule has 2 atom stereocenters. The molecule has 1 aromatic rings. The number of aromatic nitrogens is 2. The number of nitrogens with zero attached hydrogens (tertiary/aromatic N) is 2. The lowest BCUT2D eigenvalue weighted by Gasteiger charge is -2.31. The Hall–Kier alpha value is -0.480. The summed E-state index contributed by atoms with van der Waals surface area (Å²) in [5.41, 5.74) is 0. The van der Waals surface area contributed by atoms with E-state index in [-0.39, 0.29) is 0 Å². The molecule has 18 heavy (non-hydrogen) atoms. The second kappa shape index (κ2) is 6.62. The third-order valence-corrected chi connectivity index (χ3v) is 4.76. The first-order valence-corrected chi connectivity index (χ1v) is 8.22. The summed E-state index contributed by atoms with van der Waals surface area (Å²) in [6.45, 7) is 2.04. The Balaban J connectivity index is 2.09. The number of hydrogen-bond acceptors (Lipinski definition) is 4. The lowest BCUT2D eigenvalue weighted by molar-refractivity contribution is 0.474. The third-order valence-electron chi connectivity index (χ3n) is 3.40. The van der Waals surface area contributed by atoms with E-state index >= 15 is 0 Å². The zero-order chi connectivity index (χ0) is 13.0. The van der Waals surface area contributed by atoms with E-state index in [0.29, 0.717) is 16.4 Å². The molecule has 1 aliphatic rings. The van der Waals surface area contributed by atoms with Crippen LogP contribution in [0.5, 0.6) is 0 Å². The van der Waals surface area contributed by atoms with E-state index < -0.39 is 0 Å². The molecule has 2 unspecified atom stereocenters. The van der Waals surface area contributed by atoms with Gasteiger partial charge in [-0.3, -0.25) is 0 Å². The average molecular weight is 286 g/mol. The van der Waals surface area contributed by atoms with Crippen LogP contribution in [0.15, 0.2) is 6.07 Å². The summed E-state index contributed by atoms with van der Waals surface area (Å²) < 4.78 is 0. The molecule has 0 bridgehead atoms. The first kappa shape index (κ1) is 13.9. The fraction of sp³-hybridized carbons (Fsp3) is 0.692. The van der Waals surface area contributed by atoms with Crippen LogP contribution >= 0.6 is 23.4 Å². The number of aryl methyl sites for hydroxylation is 1. The second-order valence-corrected chi connectivity index (χ2v) is 6.12. The number of hydrogen-bond donors (Lipinski definition) is 1. The van der Waals surface area contributed by atoms with E-state index in [9.17, 15) is 0 Å². The van der Waals surface area contributed by atoms with Crippen molar-refractivity contribution in [3.05, 3.63) is 17.0 Å². The van der Waals surface area contributed by atoms with E-state index in [1.807, 2.05) is 24.8 Å². The van der Waals surface area contributed by atoms with Gasteiger partial charge in [-0.05, 0) is 19.1 Å². The Bertz CT molecular complexity index is 400. The SMILES string of the molecule is CCc1nc(Cl)cc(NC2CCCCC2SC)n1. The topological polar surface area (TPSA) is 37.8 Å². The molecule has 0 saturated heterocycles. The Morgan fingerprint density at radius 1 is 1.39 bits per heavy atom. The van der Waals surface area contributed by atoms with Gasteiger partial charge >= 0.3 is 0 Å². The molecule has 1 saturated carbocycles. The number of rotatable bonds is 4. The van der Waals surface area contributed by atoms with Crippen molar-refractivity contribution in [1.29, 1.82) is 0 Å². The maximum Gasteiger partial charge on any atom is 0.134 e. The van der Waals surface area contributed by atoms with Gasteiger partial charge in [-0.25, -0.2) is 9.97 Å². The molecule has 1 fully saturated rings. The zero-order valence-electron chi connectivity index (χ0n) is 10.9. The Morgan fingerprint density at radius 2 is 2.17 bits per heavy atom. The van der Waals surface area contributed by atoms with Crippen LogP contribution in [0, 0.1) is 0 Å². The van der Waals surface area contributed by atoms with Crippen molar-refractivity contribution < 1.29 is 0 Å². The second-order valence-electron chi connectivity index (χ2n) is 4.66. The summed E-state index contributed by atoms with van der Waals surface area (Å²) in [6, 6.07) is 2.33. The highest BCUT2D eigenvalue weighted by molar-refractivity contribution is 7.99. The Labute approximate surface area is 118 Å². The summed E-state index contributed by atoms with van der Waals surface area (Å²) in [6.07, 6.45) is 8.15. The molecular formula is C13H20ClN3S. The van der Waals surface area contributed by atoms with E-state index in [2.05, 4.69) is 21.5 Å². The van der Waals surface area contributed by atoms with Gasteiger partial charge in [0.25, 0.3) is 0 Å². The lowest BCUT2D eigenvalue weighted by atomic mass is 9.95. The molecule has 5 heteroatoms. The highest BCUT2D eigenvalue weighted by atomic mass is 35.5. The van der Waals surface area contributed by atoms with Gasteiger partial charge in [-0.2, -0.15) is 11.8 Å². The predicted molar refractivity (Wildman–Crippen MR) is 79.6 cm³/mol. The van der Waals surface area contributed by atoms with Crippen molar-refractivity contribution in [2.45, 2.75) is 50.3 Å². The average Bonchev–Trinajstić information content (AvgIpc) is 2.38. The molecule has 0 amide bonds. The molecule has 100 valence electrons. The van der Waals surface area contributed by atoms with Crippen LogP contribution in [0.1, 0.15) is 38.4 Å². The van der Waals surface area contributed by atoms with E-state index in [0.717, 1.165) is 18.1 Å². The van der Waals surface area contributed by atoms with Crippen molar-refractivity contribution in [1.82, 2.24) is 9.97 Å². The van der Waals surface area contributed by atoms with Gasteiger partial charge in [-0.1, -0.05) is 31.4 Å². The number of halogens is 1. The van der Waals surface area contributed by atoms with Gasteiger partial charge in [0.1, 0.15) is 16.8 Å². The fourth-order valence-electron chi connectivity index (χ4n) is 2.43. The first-order valence-electron chi connectivity index (χ1n) is 6.55. The number of nitrogens with one attached hydrogen (secondary N) is 1. The van der Waals surface area contributed by atoms with Crippen LogP contribution < -0.4 is 5.32 Å². The van der Waals surface area contributed by atoms with Crippen molar-refractivity contribution in [2.24, 2.45) is 0 Å². The normalized spacial score (nSPS) is 23.9. The molecule has 0 aromatic carbocycles. The highest BCUT2D eigenvalue weighted by Crippen LogP contribution is 2.29. The smallest absolute Gasteiger partial charge is 0.134 e. The number of thioether (sulfide) groups is 1. The van der Waals surface area contributed by atoms with Crippen molar-refractivity contribution in [2.75, 3.05) is 11.6 Å². The lowest BCUT2D eigenvalue weighted by Crippen LogP contribution is -2.34. The largest absolute Gasteiger partial charge is 0.366 e. The van der Waals surface area contributed by atoms with Crippen molar-refractivity contribution in [3.63, 3.8) is 0 Å². The van der Waals surface area contributed by atoms with E-state index in [1.54, 1.807) is 0 Å². The van der Waals surface area contributed by atoms with Gasteiger partial charge in [0.15, 0.2) is 0 Å². The molecule has 2 rings (SSSR count). The molecule has 0 aliphatic heterocycles. The minimum absolute atomic E-state index is 0.504. The minimum atomic E-state index is 0.504.